The first-order chi connectivity index (χ1) is 7.59. The van der Waals surface area contributed by atoms with Crippen LogP contribution in [0.5, 0.6) is 0 Å². The normalized spacial score (nSPS) is 25.9. The van der Waals surface area contributed by atoms with Gasteiger partial charge in [-0.1, -0.05) is 0 Å². The molecule has 3 heteroatoms. The van der Waals surface area contributed by atoms with Gasteiger partial charge in [0.25, 0.3) is 0 Å². The number of aryl methyl sites for hydroxylation is 1. The summed E-state index contributed by atoms with van der Waals surface area (Å²) in [6.45, 7) is 6.75. The maximum absolute atomic E-state index is 4.58. The largest absolute Gasteiger partial charge is 0.351 e. The fourth-order valence-electron chi connectivity index (χ4n) is 2.64. The smallest absolute Gasteiger partial charge is 0.131 e. The van der Waals surface area contributed by atoms with E-state index in [-0.39, 0.29) is 0 Å². The van der Waals surface area contributed by atoms with E-state index in [1.807, 2.05) is 6.20 Å². The van der Waals surface area contributed by atoms with Crippen LogP contribution in [0.4, 0.5) is 5.82 Å². The van der Waals surface area contributed by atoms with Gasteiger partial charge in [-0.05, 0) is 67.6 Å². The third kappa shape index (κ3) is 2.24. The molecule has 0 aliphatic carbocycles. The summed E-state index contributed by atoms with van der Waals surface area (Å²) >= 11 is 3.47. The fraction of sp³-hybridized carbons (Fsp3) is 0.615. The summed E-state index contributed by atoms with van der Waals surface area (Å²) in [7, 11) is 0. The highest BCUT2D eigenvalue weighted by Gasteiger charge is 2.26. The molecule has 2 atom stereocenters. The summed E-state index contributed by atoms with van der Waals surface area (Å²) in [5, 5.41) is 0. The predicted octanol–water partition coefficient (Wildman–Crippen LogP) is 3.92. The van der Waals surface area contributed by atoms with Crippen LogP contribution in [-0.4, -0.2) is 17.1 Å². The quantitative estimate of drug-likeness (QED) is 0.776. The third-order valence-electron chi connectivity index (χ3n) is 3.46. The lowest BCUT2D eigenvalue weighted by molar-refractivity contribution is 0.410. The summed E-state index contributed by atoms with van der Waals surface area (Å²) in [4.78, 5) is 7.06. The topological polar surface area (TPSA) is 16.1 Å². The van der Waals surface area contributed by atoms with Crippen LogP contribution in [0.3, 0.4) is 0 Å². The van der Waals surface area contributed by atoms with Crippen LogP contribution >= 0.6 is 15.9 Å². The van der Waals surface area contributed by atoms with Crippen molar-refractivity contribution in [1.82, 2.24) is 4.98 Å². The summed E-state index contributed by atoms with van der Waals surface area (Å²) in [6, 6.07) is 3.36. The first kappa shape index (κ1) is 11.9. The Morgan fingerprint density at radius 1 is 1.31 bits per heavy atom. The lowest BCUT2D eigenvalue weighted by Gasteiger charge is -2.40. The maximum atomic E-state index is 4.58. The monoisotopic (exact) mass is 282 g/mol. The number of aromatic nitrogens is 1. The van der Waals surface area contributed by atoms with Gasteiger partial charge in [0.2, 0.25) is 0 Å². The Balaban J connectivity index is 2.34. The molecule has 1 aromatic rings. The number of halogens is 1. The molecule has 0 bridgehead atoms. The summed E-state index contributed by atoms with van der Waals surface area (Å²) < 4.78 is 1.06. The minimum atomic E-state index is 0.608. The van der Waals surface area contributed by atoms with Gasteiger partial charge < -0.3 is 4.90 Å². The van der Waals surface area contributed by atoms with Gasteiger partial charge in [0.05, 0.1) is 0 Å². The van der Waals surface area contributed by atoms with E-state index in [1.165, 1.54) is 24.8 Å². The van der Waals surface area contributed by atoms with Crippen LogP contribution in [0.15, 0.2) is 16.7 Å². The second kappa shape index (κ2) is 4.74. The van der Waals surface area contributed by atoms with Crippen LogP contribution in [0.2, 0.25) is 0 Å². The van der Waals surface area contributed by atoms with Gasteiger partial charge in [0.1, 0.15) is 5.82 Å². The highest BCUT2D eigenvalue weighted by molar-refractivity contribution is 9.10. The Morgan fingerprint density at radius 3 is 2.50 bits per heavy atom. The van der Waals surface area contributed by atoms with Crippen molar-refractivity contribution in [3.05, 3.63) is 22.3 Å². The van der Waals surface area contributed by atoms with Crippen LogP contribution < -0.4 is 4.90 Å². The Hall–Kier alpha value is -0.570. The van der Waals surface area contributed by atoms with Gasteiger partial charge in [0, 0.05) is 22.8 Å². The fourth-order valence-corrected chi connectivity index (χ4v) is 3.09. The molecule has 0 amide bonds. The molecule has 1 aliphatic heterocycles. The van der Waals surface area contributed by atoms with Crippen molar-refractivity contribution in [2.45, 2.75) is 52.1 Å². The Morgan fingerprint density at radius 2 is 1.94 bits per heavy atom. The van der Waals surface area contributed by atoms with Crippen molar-refractivity contribution in [1.29, 1.82) is 0 Å². The van der Waals surface area contributed by atoms with Crippen molar-refractivity contribution in [3.63, 3.8) is 0 Å². The Kier molecular flexibility index (Phi) is 3.53. The summed E-state index contributed by atoms with van der Waals surface area (Å²) in [5.41, 5.74) is 1.26. The number of rotatable bonds is 1. The number of anilines is 1. The van der Waals surface area contributed by atoms with Crippen LogP contribution in [-0.2, 0) is 0 Å². The van der Waals surface area contributed by atoms with Crippen LogP contribution in [0.25, 0.3) is 0 Å². The van der Waals surface area contributed by atoms with Gasteiger partial charge >= 0.3 is 0 Å². The molecule has 0 radical (unpaired) electrons. The standard InChI is InChI=1S/C13H19BrN2/c1-9-7-12(14)8-15-13(9)16-10(2)5-4-6-11(16)3/h7-8,10-11H,4-6H2,1-3H3. The van der Waals surface area contributed by atoms with E-state index in [0.717, 1.165) is 10.3 Å². The number of hydrogen-bond donors (Lipinski definition) is 0. The molecule has 0 spiro atoms. The van der Waals surface area contributed by atoms with Gasteiger partial charge in [-0.3, -0.25) is 0 Å². The van der Waals surface area contributed by atoms with E-state index in [1.54, 1.807) is 0 Å². The first-order valence-electron chi connectivity index (χ1n) is 6.00. The van der Waals surface area contributed by atoms with Gasteiger partial charge in [-0.25, -0.2) is 4.98 Å². The zero-order valence-corrected chi connectivity index (χ0v) is 11.8. The third-order valence-corrected chi connectivity index (χ3v) is 3.89. The number of nitrogens with zero attached hydrogens (tertiary/aromatic N) is 2. The molecular formula is C13H19BrN2. The van der Waals surface area contributed by atoms with Crippen molar-refractivity contribution in [2.24, 2.45) is 0 Å². The second-order valence-corrected chi connectivity index (χ2v) is 5.75. The second-order valence-electron chi connectivity index (χ2n) is 4.83. The molecule has 1 saturated heterocycles. The lowest BCUT2D eigenvalue weighted by atomic mass is 9.97. The molecule has 2 unspecified atom stereocenters. The molecule has 2 nitrogen and oxygen atoms in total. The average Bonchev–Trinajstić information content (AvgIpc) is 2.20. The maximum Gasteiger partial charge on any atom is 0.131 e. The highest BCUT2D eigenvalue weighted by atomic mass is 79.9. The van der Waals surface area contributed by atoms with Crippen molar-refractivity contribution in [3.8, 4) is 0 Å². The molecular weight excluding hydrogens is 264 g/mol. The minimum absolute atomic E-state index is 0.608. The molecule has 1 aliphatic rings. The van der Waals surface area contributed by atoms with Crippen molar-refractivity contribution >= 4 is 21.7 Å². The van der Waals surface area contributed by atoms with E-state index in [2.05, 4.69) is 52.7 Å². The summed E-state index contributed by atoms with van der Waals surface area (Å²) in [5.74, 6) is 1.16. The van der Waals surface area contributed by atoms with Gasteiger partial charge in [-0.15, -0.1) is 0 Å². The molecule has 1 fully saturated rings. The van der Waals surface area contributed by atoms with E-state index in [0.29, 0.717) is 12.1 Å². The first-order valence-corrected chi connectivity index (χ1v) is 6.79. The van der Waals surface area contributed by atoms with Gasteiger partial charge in [0.15, 0.2) is 0 Å². The van der Waals surface area contributed by atoms with Gasteiger partial charge in [-0.2, -0.15) is 0 Å². The molecule has 0 saturated carbocycles. The van der Waals surface area contributed by atoms with Crippen LogP contribution in [0.1, 0.15) is 38.7 Å². The highest BCUT2D eigenvalue weighted by Crippen LogP contribution is 2.30. The predicted molar refractivity (Wildman–Crippen MR) is 71.9 cm³/mol. The average molecular weight is 283 g/mol. The Labute approximate surface area is 106 Å². The number of pyridine rings is 1. The van der Waals surface area contributed by atoms with Crippen molar-refractivity contribution < 1.29 is 0 Å². The molecule has 1 aromatic heterocycles. The molecule has 0 aromatic carbocycles. The number of hydrogen-bond acceptors (Lipinski definition) is 2. The lowest BCUT2D eigenvalue weighted by Crippen LogP contribution is -2.44. The SMILES string of the molecule is Cc1cc(Br)cnc1N1C(C)CCCC1C. The van der Waals surface area contributed by atoms with E-state index in [4.69, 9.17) is 0 Å². The van der Waals surface area contributed by atoms with Crippen molar-refractivity contribution in [2.75, 3.05) is 4.90 Å². The number of piperidine rings is 1. The van der Waals surface area contributed by atoms with E-state index < -0.39 is 0 Å². The van der Waals surface area contributed by atoms with E-state index >= 15 is 0 Å². The summed E-state index contributed by atoms with van der Waals surface area (Å²) in [6.07, 6.45) is 5.80. The van der Waals surface area contributed by atoms with Crippen LogP contribution in [0, 0.1) is 6.92 Å². The zero-order chi connectivity index (χ0) is 11.7. The minimum Gasteiger partial charge on any atom is -0.351 e. The zero-order valence-electron chi connectivity index (χ0n) is 10.2. The molecule has 88 valence electrons. The molecule has 0 N–H and O–H groups in total. The van der Waals surface area contributed by atoms with E-state index in [9.17, 15) is 0 Å². The Bertz CT molecular complexity index is 368. The molecule has 2 heterocycles. The molecule has 16 heavy (non-hydrogen) atoms. The molecule has 2 rings (SSSR count).